The topological polar surface area (TPSA) is 81.4 Å². The number of fused-ring (bicyclic) bond motifs is 1. The lowest BCUT2D eigenvalue weighted by atomic mass is 10.2. The predicted molar refractivity (Wildman–Crippen MR) is 110 cm³/mol. The third-order valence-corrected chi connectivity index (χ3v) is 4.54. The lowest BCUT2D eigenvalue weighted by Gasteiger charge is -2.08. The van der Waals surface area contributed by atoms with Gasteiger partial charge in [-0.05, 0) is 48.5 Å². The Morgan fingerprint density at radius 1 is 1.03 bits per heavy atom. The van der Waals surface area contributed by atoms with E-state index in [0.717, 1.165) is 0 Å². The zero-order valence-corrected chi connectivity index (χ0v) is 16.9. The molecule has 4 aromatic rings. The van der Waals surface area contributed by atoms with Crippen molar-refractivity contribution in [1.82, 2.24) is 25.1 Å². The lowest BCUT2D eigenvalue weighted by molar-refractivity contribution is 0.0946. The summed E-state index contributed by atoms with van der Waals surface area (Å²) >= 11 is 11.8. The highest BCUT2D eigenvalue weighted by molar-refractivity contribution is 6.35. The molecule has 0 radical (unpaired) electrons. The Hall–Kier alpha value is -3.23. The van der Waals surface area contributed by atoms with Gasteiger partial charge in [0, 0.05) is 27.2 Å². The highest BCUT2D eigenvalue weighted by Crippen LogP contribution is 2.20. The first-order valence-electron chi connectivity index (χ1n) is 8.85. The summed E-state index contributed by atoms with van der Waals surface area (Å²) in [5, 5.41) is 16.0. The number of hydrogen-bond acceptors (Lipinski definition) is 5. The number of nitrogens with zero attached hydrogens (tertiary/aromatic N) is 4. The molecule has 0 saturated carbocycles. The van der Waals surface area contributed by atoms with Crippen LogP contribution in [0.1, 0.15) is 10.4 Å². The molecule has 1 amide bonds. The number of carbonyl (C=O) groups is 1. The minimum Gasteiger partial charge on any atom is -0.475 e. The van der Waals surface area contributed by atoms with Gasteiger partial charge in [-0.2, -0.15) is 4.52 Å². The van der Waals surface area contributed by atoms with Crippen molar-refractivity contribution in [2.24, 2.45) is 0 Å². The molecule has 0 atom stereocenters. The van der Waals surface area contributed by atoms with Gasteiger partial charge in [0.1, 0.15) is 12.4 Å². The SMILES string of the molecule is O=C(NCCOc1ccc2nnc(-c3ccc(F)cc3)n2n1)c1cc(Cl)cc(Cl)c1. The van der Waals surface area contributed by atoms with Crippen molar-refractivity contribution in [2.45, 2.75) is 0 Å². The Morgan fingerprint density at radius 2 is 1.77 bits per heavy atom. The van der Waals surface area contributed by atoms with Crippen molar-refractivity contribution in [2.75, 3.05) is 13.2 Å². The van der Waals surface area contributed by atoms with Gasteiger partial charge in [0.05, 0.1) is 6.54 Å². The number of carbonyl (C=O) groups excluding carboxylic acids is 1. The quantitative estimate of drug-likeness (QED) is 0.452. The van der Waals surface area contributed by atoms with E-state index in [2.05, 4.69) is 20.6 Å². The maximum Gasteiger partial charge on any atom is 0.251 e. The molecule has 2 aromatic carbocycles. The Labute approximate surface area is 180 Å². The van der Waals surface area contributed by atoms with E-state index in [1.54, 1.807) is 30.3 Å². The van der Waals surface area contributed by atoms with Gasteiger partial charge in [0.25, 0.3) is 5.91 Å². The molecule has 10 heteroatoms. The number of hydrogen-bond donors (Lipinski definition) is 1. The Balaban J connectivity index is 1.40. The molecule has 0 unspecified atom stereocenters. The average Bonchev–Trinajstić information content (AvgIpc) is 3.14. The number of amides is 1. The summed E-state index contributed by atoms with van der Waals surface area (Å²) in [6.07, 6.45) is 0. The Morgan fingerprint density at radius 3 is 2.50 bits per heavy atom. The zero-order valence-electron chi connectivity index (χ0n) is 15.3. The van der Waals surface area contributed by atoms with Crippen LogP contribution < -0.4 is 10.1 Å². The van der Waals surface area contributed by atoms with Crippen molar-refractivity contribution in [3.05, 3.63) is 76.0 Å². The van der Waals surface area contributed by atoms with E-state index in [-0.39, 0.29) is 24.9 Å². The van der Waals surface area contributed by atoms with Gasteiger partial charge in [-0.1, -0.05) is 23.2 Å². The summed E-state index contributed by atoms with van der Waals surface area (Å²) in [7, 11) is 0. The van der Waals surface area contributed by atoms with Gasteiger partial charge in [-0.3, -0.25) is 4.79 Å². The van der Waals surface area contributed by atoms with E-state index >= 15 is 0 Å². The summed E-state index contributed by atoms with van der Waals surface area (Å²) in [6, 6.07) is 13.8. The minimum absolute atomic E-state index is 0.187. The maximum absolute atomic E-state index is 13.2. The van der Waals surface area contributed by atoms with E-state index in [0.29, 0.717) is 38.5 Å². The van der Waals surface area contributed by atoms with E-state index in [1.165, 1.54) is 28.8 Å². The van der Waals surface area contributed by atoms with Crippen LogP contribution in [0.4, 0.5) is 4.39 Å². The molecule has 0 spiro atoms. The third kappa shape index (κ3) is 4.50. The van der Waals surface area contributed by atoms with Crippen LogP contribution in [-0.4, -0.2) is 38.9 Å². The summed E-state index contributed by atoms with van der Waals surface area (Å²) in [5.74, 6) is 0.128. The smallest absolute Gasteiger partial charge is 0.251 e. The molecular formula is C20H14Cl2FN5O2. The highest BCUT2D eigenvalue weighted by atomic mass is 35.5. The zero-order chi connectivity index (χ0) is 21.1. The largest absolute Gasteiger partial charge is 0.475 e. The molecule has 2 aromatic heterocycles. The molecule has 30 heavy (non-hydrogen) atoms. The van der Waals surface area contributed by atoms with Crippen LogP contribution in [0.25, 0.3) is 17.0 Å². The molecule has 0 aliphatic rings. The second-order valence-corrected chi connectivity index (χ2v) is 7.11. The van der Waals surface area contributed by atoms with Gasteiger partial charge in [-0.15, -0.1) is 15.3 Å². The monoisotopic (exact) mass is 445 g/mol. The predicted octanol–water partition coefficient (Wildman–Crippen LogP) is 4.05. The van der Waals surface area contributed by atoms with E-state index in [4.69, 9.17) is 27.9 Å². The average molecular weight is 446 g/mol. The molecule has 0 fully saturated rings. The molecule has 0 bridgehead atoms. The van der Waals surface area contributed by atoms with Crippen LogP contribution in [0.2, 0.25) is 10.0 Å². The molecule has 7 nitrogen and oxygen atoms in total. The highest BCUT2D eigenvalue weighted by Gasteiger charge is 2.11. The molecule has 0 saturated heterocycles. The number of rotatable bonds is 6. The second-order valence-electron chi connectivity index (χ2n) is 6.23. The van der Waals surface area contributed by atoms with E-state index in [9.17, 15) is 9.18 Å². The Kier molecular flexibility index (Phi) is 5.78. The Bertz CT molecular complexity index is 1190. The van der Waals surface area contributed by atoms with Crippen LogP contribution in [-0.2, 0) is 0 Å². The standard InChI is InChI=1S/C20H14Cl2FN5O2/c21-14-9-13(10-15(22)11-14)20(29)24-7-8-30-18-6-5-17-25-26-19(28(17)27-18)12-1-3-16(23)4-2-12/h1-6,9-11H,7-8H2,(H,24,29). The van der Waals surface area contributed by atoms with Gasteiger partial charge < -0.3 is 10.1 Å². The first-order chi connectivity index (χ1) is 14.5. The maximum atomic E-state index is 13.2. The lowest BCUT2D eigenvalue weighted by Crippen LogP contribution is -2.28. The van der Waals surface area contributed by atoms with E-state index < -0.39 is 0 Å². The van der Waals surface area contributed by atoms with Crippen molar-refractivity contribution in [3.63, 3.8) is 0 Å². The molecule has 0 aliphatic heterocycles. The van der Waals surface area contributed by atoms with E-state index in [1.807, 2.05) is 0 Å². The molecule has 4 rings (SSSR count). The number of aromatic nitrogens is 4. The summed E-state index contributed by atoms with van der Waals surface area (Å²) in [4.78, 5) is 12.2. The number of benzene rings is 2. The van der Waals surface area contributed by atoms with Crippen molar-refractivity contribution >= 4 is 34.8 Å². The molecule has 1 N–H and O–H groups in total. The molecule has 0 aliphatic carbocycles. The van der Waals surface area contributed by atoms with Crippen LogP contribution in [0.3, 0.4) is 0 Å². The third-order valence-electron chi connectivity index (χ3n) is 4.10. The summed E-state index contributed by atoms with van der Waals surface area (Å²) < 4.78 is 20.3. The molecule has 152 valence electrons. The molecular weight excluding hydrogens is 432 g/mol. The van der Waals surface area contributed by atoms with Gasteiger partial charge in [0.2, 0.25) is 5.88 Å². The van der Waals surface area contributed by atoms with Crippen LogP contribution in [0.5, 0.6) is 5.88 Å². The van der Waals surface area contributed by atoms with Crippen molar-refractivity contribution in [3.8, 4) is 17.3 Å². The number of halogens is 3. The summed E-state index contributed by atoms with van der Waals surface area (Å²) in [5.41, 5.74) is 1.55. The normalized spacial score (nSPS) is 10.9. The first kappa shape index (κ1) is 20.1. The van der Waals surface area contributed by atoms with Crippen LogP contribution in [0.15, 0.2) is 54.6 Å². The van der Waals surface area contributed by atoms with Gasteiger partial charge >= 0.3 is 0 Å². The van der Waals surface area contributed by atoms with Gasteiger partial charge in [0.15, 0.2) is 11.5 Å². The number of nitrogens with one attached hydrogen (secondary N) is 1. The first-order valence-corrected chi connectivity index (χ1v) is 9.61. The van der Waals surface area contributed by atoms with Crippen molar-refractivity contribution < 1.29 is 13.9 Å². The second kappa shape index (κ2) is 8.64. The number of ether oxygens (including phenoxy) is 1. The summed E-state index contributed by atoms with van der Waals surface area (Å²) in [6.45, 7) is 0.433. The van der Waals surface area contributed by atoms with Crippen LogP contribution >= 0.6 is 23.2 Å². The van der Waals surface area contributed by atoms with Gasteiger partial charge in [-0.25, -0.2) is 4.39 Å². The van der Waals surface area contributed by atoms with Crippen LogP contribution in [0, 0.1) is 5.82 Å². The fourth-order valence-corrected chi connectivity index (χ4v) is 3.26. The minimum atomic E-state index is -0.341. The fourth-order valence-electron chi connectivity index (χ4n) is 2.74. The van der Waals surface area contributed by atoms with Crippen molar-refractivity contribution in [1.29, 1.82) is 0 Å². The fraction of sp³-hybridized carbons (Fsp3) is 0.100. The molecule has 2 heterocycles.